The van der Waals surface area contributed by atoms with Crippen LogP contribution in [-0.4, -0.2) is 6.54 Å². The number of rotatable bonds is 3. The summed E-state index contributed by atoms with van der Waals surface area (Å²) in [5, 5.41) is 0. The van der Waals surface area contributed by atoms with Gasteiger partial charge in [0, 0.05) is 18.3 Å². The Labute approximate surface area is 48.7 Å². The highest BCUT2D eigenvalue weighted by Gasteiger charge is 1.86. The van der Waals surface area contributed by atoms with Crippen LogP contribution in [0.5, 0.6) is 0 Å². The lowest BCUT2D eigenvalue weighted by Gasteiger charge is -2.00. The minimum absolute atomic E-state index is 0.563. The molecular weight excluding hydrogens is 104 g/mol. The Morgan fingerprint density at radius 3 is 2.38 bits per heavy atom. The van der Waals surface area contributed by atoms with Gasteiger partial charge in [-0.15, -0.1) is 0 Å². The molecule has 0 aromatic heterocycles. The maximum Gasteiger partial charge on any atom is 0.0426 e. The van der Waals surface area contributed by atoms with Crippen molar-refractivity contribution in [2.24, 2.45) is 17.3 Å². The summed E-state index contributed by atoms with van der Waals surface area (Å²) in [7, 11) is 0. The lowest BCUT2D eigenvalue weighted by atomic mass is 10.3. The fourth-order valence-electron chi connectivity index (χ4n) is 0.359. The van der Waals surface area contributed by atoms with Gasteiger partial charge in [0.1, 0.15) is 0 Å². The Balaban J connectivity index is 3.38. The molecule has 0 spiro atoms. The maximum atomic E-state index is 5.19. The van der Waals surface area contributed by atoms with Gasteiger partial charge in [0.25, 0.3) is 0 Å². The Hall–Kier alpha value is -0.740. The van der Waals surface area contributed by atoms with Gasteiger partial charge in [-0.05, 0) is 6.54 Å². The Kier molecular flexibility index (Phi) is 4.01. The van der Waals surface area contributed by atoms with Gasteiger partial charge in [-0.25, -0.2) is 0 Å². The number of hydrazine groups is 1. The summed E-state index contributed by atoms with van der Waals surface area (Å²) in [6, 6.07) is 0. The number of nitrogens with two attached hydrogens (primary N) is 3. The Bertz CT molecular complexity index is 78.1. The van der Waals surface area contributed by atoms with Crippen molar-refractivity contribution in [2.75, 3.05) is 6.54 Å². The summed E-state index contributed by atoms with van der Waals surface area (Å²) in [6.07, 6.45) is 2.11. The van der Waals surface area contributed by atoms with Crippen LogP contribution >= 0.6 is 0 Å². The van der Waals surface area contributed by atoms with Gasteiger partial charge in [0.15, 0.2) is 0 Å². The van der Waals surface area contributed by atoms with E-state index in [9.17, 15) is 0 Å². The monoisotopic (exact) mass is 116 g/mol. The third-order valence-corrected chi connectivity index (χ3v) is 0.800. The van der Waals surface area contributed by atoms with Crippen LogP contribution in [0.25, 0.3) is 0 Å². The second kappa shape index (κ2) is 4.42. The second-order valence-corrected chi connectivity index (χ2v) is 1.37. The average molecular weight is 116 g/mol. The van der Waals surface area contributed by atoms with E-state index in [-0.39, 0.29) is 0 Å². The maximum absolute atomic E-state index is 5.19. The van der Waals surface area contributed by atoms with Crippen molar-refractivity contribution >= 4 is 0 Å². The fourth-order valence-corrected chi connectivity index (χ4v) is 0.359. The molecule has 0 aliphatic carbocycles. The molecular formula is C4H12N4. The van der Waals surface area contributed by atoms with Crippen LogP contribution in [0.1, 0.15) is 6.42 Å². The summed E-state index contributed by atoms with van der Waals surface area (Å²) in [5.41, 5.74) is 13.5. The first-order valence-electron chi connectivity index (χ1n) is 2.42. The molecule has 0 saturated carbocycles. The summed E-state index contributed by atoms with van der Waals surface area (Å²) >= 11 is 0. The normalized spacial score (nSPS) is 11.5. The summed E-state index contributed by atoms with van der Waals surface area (Å²) < 4.78 is 0. The summed E-state index contributed by atoms with van der Waals surface area (Å²) in [6.45, 7) is 0.563. The Morgan fingerprint density at radius 1 is 1.62 bits per heavy atom. The van der Waals surface area contributed by atoms with E-state index >= 15 is 0 Å². The molecule has 0 heterocycles. The lowest BCUT2D eigenvalue weighted by Crippen LogP contribution is -2.23. The minimum Gasteiger partial charge on any atom is -0.403 e. The SMILES string of the molecule is N/C=C(/CCN)NN. The first-order chi connectivity index (χ1) is 3.85. The van der Waals surface area contributed by atoms with E-state index in [1.807, 2.05) is 0 Å². The molecule has 0 aliphatic heterocycles. The van der Waals surface area contributed by atoms with Gasteiger partial charge in [0.05, 0.1) is 0 Å². The van der Waals surface area contributed by atoms with Crippen LogP contribution in [-0.2, 0) is 0 Å². The zero-order valence-electron chi connectivity index (χ0n) is 4.72. The molecule has 0 unspecified atom stereocenters. The third-order valence-electron chi connectivity index (χ3n) is 0.800. The number of nitrogens with one attached hydrogen (secondary N) is 1. The molecule has 0 rings (SSSR count). The van der Waals surface area contributed by atoms with Crippen molar-refractivity contribution in [3.63, 3.8) is 0 Å². The summed E-state index contributed by atoms with van der Waals surface area (Å²) in [5.74, 6) is 5.02. The minimum atomic E-state index is 0.563. The van der Waals surface area contributed by atoms with Gasteiger partial charge in [-0.1, -0.05) is 0 Å². The molecule has 4 nitrogen and oxygen atoms in total. The van der Waals surface area contributed by atoms with Gasteiger partial charge in [-0.2, -0.15) is 0 Å². The lowest BCUT2D eigenvalue weighted by molar-refractivity contribution is 0.789. The standard InChI is InChI=1S/C4H12N4/c5-2-1-4(3-6)8-7/h3,8H,1-2,5-7H2/b4-3-. The van der Waals surface area contributed by atoms with Crippen LogP contribution in [0.2, 0.25) is 0 Å². The van der Waals surface area contributed by atoms with Gasteiger partial charge in [0.2, 0.25) is 0 Å². The molecule has 4 heteroatoms. The van der Waals surface area contributed by atoms with Gasteiger partial charge in [-0.3, -0.25) is 5.84 Å². The van der Waals surface area contributed by atoms with E-state index in [2.05, 4.69) is 5.43 Å². The highest BCUT2D eigenvalue weighted by molar-refractivity contribution is 4.94. The zero-order chi connectivity index (χ0) is 6.41. The third kappa shape index (κ3) is 2.44. The van der Waals surface area contributed by atoms with E-state index in [0.29, 0.717) is 13.0 Å². The highest BCUT2D eigenvalue weighted by atomic mass is 15.2. The summed E-state index contributed by atoms with van der Waals surface area (Å²) in [4.78, 5) is 0. The smallest absolute Gasteiger partial charge is 0.0426 e. The molecule has 0 saturated heterocycles. The van der Waals surface area contributed by atoms with Crippen molar-refractivity contribution in [3.05, 3.63) is 11.9 Å². The molecule has 48 valence electrons. The van der Waals surface area contributed by atoms with Gasteiger partial charge < -0.3 is 16.9 Å². The highest BCUT2D eigenvalue weighted by Crippen LogP contribution is 1.86. The van der Waals surface area contributed by atoms with Crippen LogP contribution < -0.4 is 22.7 Å². The first-order valence-corrected chi connectivity index (χ1v) is 2.42. The quantitative estimate of drug-likeness (QED) is 0.269. The number of hydrogen-bond donors (Lipinski definition) is 4. The van der Waals surface area contributed by atoms with E-state index in [0.717, 1.165) is 5.70 Å². The van der Waals surface area contributed by atoms with E-state index in [1.54, 1.807) is 0 Å². The first kappa shape index (κ1) is 7.26. The Morgan fingerprint density at radius 2 is 2.25 bits per heavy atom. The fraction of sp³-hybridized carbons (Fsp3) is 0.500. The van der Waals surface area contributed by atoms with Crippen molar-refractivity contribution in [2.45, 2.75) is 6.42 Å². The average Bonchev–Trinajstić information content (AvgIpc) is 1.83. The van der Waals surface area contributed by atoms with Gasteiger partial charge >= 0.3 is 0 Å². The molecule has 0 aromatic carbocycles. The molecule has 0 aliphatic rings. The van der Waals surface area contributed by atoms with Crippen LogP contribution in [0.15, 0.2) is 11.9 Å². The van der Waals surface area contributed by atoms with Crippen LogP contribution in [0, 0.1) is 0 Å². The van der Waals surface area contributed by atoms with Crippen LogP contribution in [0.3, 0.4) is 0 Å². The zero-order valence-corrected chi connectivity index (χ0v) is 4.72. The molecule has 7 N–H and O–H groups in total. The molecule has 0 radical (unpaired) electrons. The number of hydrogen-bond acceptors (Lipinski definition) is 4. The molecule has 0 amide bonds. The van der Waals surface area contributed by atoms with E-state index in [4.69, 9.17) is 17.3 Å². The molecule has 0 bridgehead atoms. The van der Waals surface area contributed by atoms with Crippen molar-refractivity contribution in [1.29, 1.82) is 0 Å². The molecule has 0 fully saturated rings. The second-order valence-electron chi connectivity index (χ2n) is 1.37. The molecule has 8 heavy (non-hydrogen) atoms. The van der Waals surface area contributed by atoms with Crippen molar-refractivity contribution in [3.8, 4) is 0 Å². The topological polar surface area (TPSA) is 90.1 Å². The molecule has 0 atom stereocenters. The van der Waals surface area contributed by atoms with Crippen molar-refractivity contribution < 1.29 is 0 Å². The predicted molar refractivity (Wildman–Crippen MR) is 33.3 cm³/mol. The van der Waals surface area contributed by atoms with E-state index in [1.165, 1.54) is 6.20 Å². The molecule has 0 aromatic rings. The predicted octanol–water partition coefficient (Wildman–Crippen LogP) is -1.40. The van der Waals surface area contributed by atoms with Crippen molar-refractivity contribution in [1.82, 2.24) is 5.43 Å². The largest absolute Gasteiger partial charge is 0.403 e. The van der Waals surface area contributed by atoms with Crippen LogP contribution in [0.4, 0.5) is 0 Å². The van der Waals surface area contributed by atoms with E-state index < -0.39 is 0 Å².